The number of hydrogen-bond donors (Lipinski definition) is 0. The van der Waals surface area contributed by atoms with Crippen LogP contribution >= 0.6 is 22.9 Å². The van der Waals surface area contributed by atoms with Gasteiger partial charge in [-0.3, -0.25) is 9.59 Å². The number of piperazine rings is 1. The summed E-state index contributed by atoms with van der Waals surface area (Å²) in [5.41, 5.74) is 1.49. The van der Waals surface area contributed by atoms with E-state index in [1.54, 1.807) is 16.2 Å². The molecule has 2 aromatic heterocycles. The molecule has 1 aromatic carbocycles. The molecule has 2 unspecified atom stereocenters. The molecule has 0 saturated carbocycles. The van der Waals surface area contributed by atoms with Crippen LogP contribution in [-0.4, -0.2) is 51.9 Å². The number of nitrogens with zero attached hydrogens (tertiary/aromatic N) is 3. The minimum atomic E-state index is -0.712. The number of amides is 2. The zero-order valence-corrected chi connectivity index (χ0v) is 19.3. The van der Waals surface area contributed by atoms with Crippen molar-refractivity contribution in [1.29, 1.82) is 0 Å². The Balaban J connectivity index is 1.49. The lowest BCUT2D eigenvalue weighted by Crippen LogP contribution is -2.56. The molecule has 2 atom stereocenters. The summed E-state index contributed by atoms with van der Waals surface area (Å²) >= 11 is 8.12. The lowest BCUT2D eigenvalue weighted by Gasteiger charge is -2.40. The summed E-state index contributed by atoms with van der Waals surface area (Å²) in [6.45, 7) is 6.09. The monoisotopic (exact) mass is 455 g/mol. The van der Waals surface area contributed by atoms with Crippen LogP contribution < -0.4 is 0 Å². The van der Waals surface area contributed by atoms with Crippen LogP contribution in [0.1, 0.15) is 35.3 Å². The molecule has 1 aliphatic rings. The molecule has 3 aromatic rings. The van der Waals surface area contributed by atoms with E-state index in [1.165, 1.54) is 0 Å². The normalized spacial score (nSPS) is 18.1. The van der Waals surface area contributed by atoms with Gasteiger partial charge >= 0.3 is 0 Å². The number of alkyl halides is 1. The number of thiophene rings is 1. The maximum Gasteiger partial charge on any atom is 0.270 e. The van der Waals surface area contributed by atoms with Crippen LogP contribution in [0.3, 0.4) is 0 Å². The molecule has 1 fully saturated rings. The zero-order chi connectivity index (χ0) is 22.0. The predicted octanol–water partition coefficient (Wildman–Crippen LogP) is 4.93. The first kappa shape index (κ1) is 21.7. The van der Waals surface area contributed by atoms with E-state index in [0.717, 1.165) is 15.8 Å². The molecule has 7 heteroatoms. The van der Waals surface area contributed by atoms with Gasteiger partial charge in [0, 0.05) is 37.6 Å². The van der Waals surface area contributed by atoms with Crippen molar-refractivity contribution in [3.05, 3.63) is 71.3 Å². The number of hydrogen-bond acceptors (Lipinski definition) is 3. The molecule has 31 heavy (non-hydrogen) atoms. The topological polar surface area (TPSA) is 45.6 Å². The third kappa shape index (κ3) is 4.27. The predicted molar refractivity (Wildman–Crippen MR) is 127 cm³/mol. The molecule has 162 valence electrons. The van der Waals surface area contributed by atoms with E-state index in [4.69, 9.17) is 11.6 Å². The highest BCUT2D eigenvalue weighted by molar-refractivity contribution is 7.16. The summed E-state index contributed by atoms with van der Waals surface area (Å²) in [7, 11) is 0. The van der Waals surface area contributed by atoms with Gasteiger partial charge in [0.15, 0.2) is 0 Å². The van der Waals surface area contributed by atoms with E-state index in [1.807, 2.05) is 72.7 Å². The van der Waals surface area contributed by atoms with Gasteiger partial charge in [-0.1, -0.05) is 42.5 Å². The molecule has 5 nitrogen and oxygen atoms in total. The molecule has 0 aliphatic carbocycles. The molecule has 2 amide bonds. The summed E-state index contributed by atoms with van der Waals surface area (Å²) in [6, 6.07) is 13.3. The van der Waals surface area contributed by atoms with Crippen LogP contribution in [0, 0.1) is 0 Å². The van der Waals surface area contributed by atoms with Crippen molar-refractivity contribution >= 4 is 45.0 Å². The molecule has 1 aliphatic heterocycles. The van der Waals surface area contributed by atoms with E-state index in [0.29, 0.717) is 31.9 Å². The fraction of sp³-hybridized carbons (Fsp3) is 0.333. The number of carbonyl (C=O) groups excluding carboxylic acids is 2. The van der Waals surface area contributed by atoms with Gasteiger partial charge in [-0.15, -0.1) is 22.9 Å². The minimum absolute atomic E-state index is 0.0114. The van der Waals surface area contributed by atoms with E-state index in [-0.39, 0.29) is 17.9 Å². The second-order valence-electron chi connectivity index (χ2n) is 7.80. The summed E-state index contributed by atoms with van der Waals surface area (Å²) in [4.78, 5) is 31.1. The number of aromatic nitrogens is 1. The quantitative estimate of drug-likeness (QED) is 0.404. The number of benzene rings is 1. The highest BCUT2D eigenvalue weighted by Crippen LogP contribution is 2.28. The Morgan fingerprint density at radius 2 is 2.00 bits per heavy atom. The number of fused-ring (bicyclic) bond motifs is 1. The highest BCUT2D eigenvalue weighted by atomic mass is 35.5. The number of rotatable bonds is 5. The Bertz CT molecular complexity index is 1100. The van der Waals surface area contributed by atoms with Gasteiger partial charge in [0.2, 0.25) is 5.91 Å². The van der Waals surface area contributed by atoms with Crippen LogP contribution in [0.2, 0.25) is 0 Å². The van der Waals surface area contributed by atoms with Crippen LogP contribution in [-0.2, 0) is 11.3 Å². The molecule has 3 heterocycles. The van der Waals surface area contributed by atoms with Gasteiger partial charge in [-0.25, -0.2) is 0 Å². The zero-order valence-electron chi connectivity index (χ0n) is 17.7. The van der Waals surface area contributed by atoms with E-state index < -0.39 is 5.38 Å². The number of allylic oxidation sites excluding steroid dienone is 2. The molecule has 0 bridgehead atoms. The lowest BCUT2D eigenvalue weighted by molar-refractivity contribution is -0.135. The van der Waals surface area contributed by atoms with Crippen molar-refractivity contribution in [3.8, 4) is 0 Å². The van der Waals surface area contributed by atoms with Gasteiger partial charge in [0.05, 0.1) is 0 Å². The Morgan fingerprint density at radius 3 is 2.71 bits per heavy atom. The second-order valence-corrected chi connectivity index (χ2v) is 9.13. The minimum Gasteiger partial charge on any atom is -0.335 e. The molecule has 0 spiro atoms. The summed E-state index contributed by atoms with van der Waals surface area (Å²) in [5.74, 6) is -0.0956. The van der Waals surface area contributed by atoms with Gasteiger partial charge in [0.1, 0.15) is 15.9 Å². The average molecular weight is 456 g/mol. The maximum absolute atomic E-state index is 13.4. The number of carbonyl (C=O) groups is 2. The fourth-order valence-electron chi connectivity index (χ4n) is 4.09. The van der Waals surface area contributed by atoms with Gasteiger partial charge in [-0.05, 0) is 36.9 Å². The molecular formula is C24H26ClN3O2S. The second kappa shape index (κ2) is 9.28. The van der Waals surface area contributed by atoms with Crippen molar-refractivity contribution in [2.24, 2.45) is 0 Å². The Morgan fingerprint density at radius 1 is 1.23 bits per heavy atom. The fourth-order valence-corrected chi connectivity index (χ4v) is 5.26. The summed E-state index contributed by atoms with van der Waals surface area (Å²) in [5, 5.41) is 2.43. The van der Waals surface area contributed by atoms with Gasteiger partial charge in [-0.2, -0.15) is 0 Å². The smallest absolute Gasteiger partial charge is 0.270 e. The van der Waals surface area contributed by atoms with Crippen molar-refractivity contribution in [1.82, 2.24) is 14.4 Å². The van der Waals surface area contributed by atoms with Crippen LogP contribution in [0.5, 0.6) is 0 Å². The van der Waals surface area contributed by atoms with Crippen molar-refractivity contribution < 1.29 is 9.59 Å². The Hall–Kier alpha value is -2.57. The van der Waals surface area contributed by atoms with E-state index >= 15 is 0 Å². The van der Waals surface area contributed by atoms with Crippen molar-refractivity contribution in [2.75, 3.05) is 19.6 Å². The third-order valence-corrected chi connectivity index (χ3v) is 7.14. The SMILES string of the molecule is C/C=C\Cn1c(C(=O)N2CCN(C(=O)C(Cl)c3ccccc3)C(C)C2)cc2ccsc21. The Kier molecular flexibility index (Phi) is 6.49. The van der Waals surface area contributed by atoms with Crippen LogP contribution in [0.25, 0.3) is 10.2 Å². The molecular weight excluding hydrogens is 430 g/mol. The Labute approximate surface area is 191 Å². The van der Waals surface area contributed by atoms with E-state index in [2.05, 4.69) is 10.6 Å². The standard InChI is InChI=1S/C24H26ClN3O2S/c1-3-4-11-28-20(15-19-10-14-31-24(19)28)22(29)26-12-13-27(17(2)16-26)23(30)21(25)18-8-6-5-7-9-18/h3-10,14-15,17,21H,11-13,16H2,1-2H3/b4-3-. The van der Waals surface area contributed by atoms with Gasteiger partial charge < -0.3 is 14.4 Å². The van der Waals surface area contributed by atoms with Crippen LogP contribution in [0.15, 0.2) is 60.0 Å². The number of halogens is 1. The molecule has 0 radical (unpaired) electrons. The van der Waals surface area contributed by atoms with Crippen molar-refractivity contribution in [3.63, 3.8) is 0 Å². The molecule has 4 rings (SSSR count). The van der Waals surface area contributed by atoms with Crippen LogP contribution in [0.4, 0.5) is 0 Å². The highest BCUT2D eigenvalue weighted by Gasteiger charge is 2.34. The summed E-state index contributed by atoms with van der Waals surface area (Å²) in [6.07, 6.45) is 4.05. The third-order valence-electron chi connectivity index (χ3n) is 5.75. The summed E-state index contributed by atoms with van der Waals surface area (Å²) < 4.78 is 2.08. The van der Waals surface area contributed by atoms with Gasteiger partial charge in [0.25, 0.3) is 5.91 Å². The molecule has 1 saturated heterocycles. The van der Waals surface area contributed by atoms with E-state index in [9.17, 15) is 9.59 Å². The van der Waals surface area contributed by atoms with Crippen molar-refractivity contribution in [2.45, 2.75) is 31.8 Å². The molecule has 0 N–H and O–H groups in total. The maximum atomic E-state index is 13.4. The largest absolute Gasteiger partial charge is 0.335 e. The first-order valence-corrected chi connectivity index (χ1v) is 11.8. The first-order valence-electron chi connectivity index (χ1n) is 10.5. The lowest BCUT2D eigenvalue weighted by atomic mass is 10.1. The average Bonchev–Trinajstić information content (AvgIpc) is 3.38. The first-order chi connectivity index (χ1) is 15.0.